The molecule has 0 fully saturated rings. The molecule has 2 aromatic carbocycles. The molecule has 136 valence electrons. The van der Waals surface area contributed by atoms with Crippen LogP contribution in [0.15, 0.2) is 84.1 Å². The van der Waals surface area contributed by atoms with E-state index in [0.29, 0.717) is 18.1 Å². The van der Waals surface area contributed by atoms with Crippen LogP contribution in [0.5, 0.6) is 0 Å². The first kappa shape index (κ1) is 18.3. The van der Waals surface area contributed by atoms with Crippen LogP contribution in [0.25, 0.3) is 0 Å². The molecule has 0 radical (unpaired) electrons. The standard InChI is InChI=1S/C22H22N4O/c1-2-17-10-12-20(13-11-17)25-22(24-16-18-7-6-14-23-15-18)26-21(27)19-8-4-3-5-9-19/h3-15H,2,16H2,1H3,(H2,24,25,26,27). The summed E-state index contributed by atoms with van der Waals surface area (Å²) in [5.41, 5.74) is 3.66. The van der Waals surface area contributed by atoms with Crippen LogP contribution in [0.4, 0.5) is 5.69 Å². The lowest BCUT2D eigenvalue weighted by atomic mass is 10.1. The normalized spacial score (nSPS) is 11.1. The summed E-state index contributed by atoms with van der Waals surface area (Å²) in [5.74, 6) is 0.190. The number of benzene rings is 2. The molecule has 3 aromatic rings. The van der Waals surface area contributed by atoms with Crippen molar-refractivity contribution >= 4 is 17.6 Å². The van der Waals surface area contributed by atoms with Crippen molar-refractivity contribution in [3.63, 3.8) is 0 Å². The number of guanidine groups is 1. The summed E-state index contributed by atoms with van der Waals surface area (Å²) in [5, 5.41) is 6.06. The Labute approximate surface area is 159 Å². The van der Waals surface area contributed by atoms with E-state index in [1.807, 2.05) is 42.5 Å². The highest BCUT2D eigenvalue weighted by Crippen LogP contribution is 2.10. The van der Waals surface area contributed by atoms with Crippen molar-refractivity contribution in [2.75, 3.05) is 5.32 Å². The molecule has 5 nitrogen and oxygen atoms in total. The number of nitrogens with one attached hydrogen (secondary N) is 2. The van der Waals surface area contributed by atoms with E-state index in [1.54, 1.807) is 24.5 Å². The molecule has 27 heavy (non-hydrogen) atoms. The quantitative estimate of drug-likeness (QED) is 0.534. The number of carbonyl (C=O) groups is 1. The Balaban J connectivity index is 1.77. The Morgan fingerprint density at radius 1 is 0.963 bits per heavy atom. The number of pyridine rings is 1. The third-order valence-electron chi connectivity index (χ3n) is 4.04. The number of carbonyl (C=O) groups excluding carboxylic acids is 1. The minimum atomic E-state index is -0.210. The smallest absolute Gasteiger partial charge is 0.257 e. The Kier molecular flexibility index (Phi) is 6.30. The molecule has 0 atom stereocenters. The zero-order valence-electron chi connectivity index (χ0n) is 15.2. The number of rotatable bonds is 5. The van der Waals surface area contributed by atoms with Gasteiger partial charge in [-0.15, -0.1) is 0 Å². The summed E-state index contributed by atoms with van der Waals surface area (Å²) in [6.07, 6.45) is 4.46. The summed E-state index contributed by atoms with van der Waals surface area (Å²) in [6.45, 7) is 2.53. The highest BCUT2D eigenvalue weighted by Gasteiger charge is 2.09. The largest absolute Gasteiger partial charge is 0.326 e. The van der Waals surface area contributed by atoms with Crippen molar-refractivity contribution in [2.45, 2.75) is 19.9 Å². The molecule has 2 N–H and O–H groups in total. The molecule has 0 saturated carbocycles. The van der Waals surface area contributed by atoms with Crippen molar-refractivity contribution in [3.8, 4) is 0 Å². The van der Waals surface area contributed by atoms with E-state index in [-0.39, 0.29) is 5.91 Å². The van der Waals surface area contributed by atoms with Crippen molar-refractivity contribution in [1.29, 1.82) is 0 Å². The van der Waals surface area contributed by atoms with Crippen LogP contribution >= 0.6 is 0 Å². The van der Waals surface area contributed by atoms with Crippen LogP contribution in [-0.2, 0) is 13.0 Å². The van der Waals surface area contributed by atoms with Gasteiger partial charge in [-0.2, -0.15) is 0 Å². The highest BCUT2D eigenvalue weighted by atomic mass is 16.1. The topological polar surface area (TPSA) is 66.4 Å². The summed E-state index contributed by atoms with van der Waals surface area (Å²) in [4.78, 5) is 21.1. The van der Waals surface area contributed by atoms with Crippen LogP contribution in [-0.4, -0.2) is 16.9 Å². The van der Waals surface area contributed by atoms with Gasteiger partial charge in [-0.05, 0) is 47.9 Å². The van der Waals surface area contributed by atoms with Crippen molar-refractivity contribution < 1.29 is 4.79 Å². The van der Waals surface area contributed by atoms with Crippen molar-refractivity contribution in [1.82, 2.24) is 10.3 Å². The van der Waals surface area contributed by atoms with Crippen molar-refractivity contribution in [3.05, 3.63) is 95.8 Å². The van der Waals surface area contributed by atoms with Crippen molar-refractivity contribution in [2.24, 2.45) is 4.99 Å². The van der Waals surface area contributed by atoms with Gasteiger partial charge >= 0.3 is 0 Å². The second-order valence-electron chi connectivity index (χ2n) is 6.02. The van der Waals surface area contributed by atoms with E-state index >= 15 is 0 Å². The van der Waals surface area contributed by atoms with Gasteiger partial charge < -0.3 is 5.32 Å². The predicted octanol–water partition coefficient (Wildman–Crippen LogP) is 4.04. The van der Waals surface area contributed by atoms with Gasteiger partial charge in [0.05, 0.1) is 6.54 Å². The molecule has 3 rings (SSSR count). The van der Waals surface area contributed by atoms with Crippen LogP contribution < -0.4 is 10.6 Å². The molecule has 0 bridgehead atoms. The third kappa shape index (κ3) is 5.51. The molecular weight excluding hydrogens is 336 g/mol. The maximum absolute atomic E-state index is 12.5. The average molecular weight is 358 g/mol. The Morgan fingerprint density at radius 3 is 2.41 bits per heavy atom. The van der Waals surface area contributed by atoms with E-state index in [4.69, 9.17) is 0 Å². The monoisotopic (exact) mass is 358 g/mol. The summed E-state index contributed by atoms with van der Waals surface area (Å²) < 4.78 is 0. The van der Waals surface area contributed by atoms with E-state index in [2.05, 4.69) is 39.7 Å². The minimum Gasteiger partial charge on any atom is -0.326 e. The lowest BCUT2D eigenvalue weighted by molar-refractivity contribution is 0.0977. The zero-order valence-corrected chi connectivity index (χ0v) is 15.2. The van der Waals surface area contributed by atoms with Gasteiger partial charge in [0.15, 0.2) is 0 Å². The summed E-state index contributed by atoms with van der Waals surface area (Å²) in [7, 11) is 0. The number of aromatic nitrogens is 1. The van der Waals surface area contributed by atoms with Gasteiger partial charge in [0.1, 0.15) is 0 Å². The fourth-order valence-electron chi connectivity index (χ4n) is 2.50. The number of hydrogen-bond acceptors (Lipinski definition) is 3. The Morgan fingerprint density at radius 2 is 1.74 bits per heavy atom. The maximum Gasteiger partial charge on any atom is 0.257 e. The molecule has 0 aliphatic rings. The SMILES string of the molecule is CCc1ccc(NC(=NCc2cccnc2)NC(=O)c2ccccc2)cc1. The predicted molar refractivity (Wildman–Crippen MR) is 109 cm³/mol. The molecule has 0 saturated heterocycles. The Hall–Kier alpha value is -3.47. The number of anilines is 1. The maximum atomic E-state index is 12.5. The van der Waals surface area contributed by atoms with E-state index < -0.39 is 0 Å². The molecule has 0 spiro atoms. The third-order valence-corrected chi connectivity index (χ3v) is 4.04. The molecule has 1 amide bonds. The number of amides is 1. The molecule has 5 heteroatoms. The van der Waals surface area contributed by atoms with Gasteiger partial charge in [-0.3, -0.25) is 15.1 Å². The van der Waals surface area contributed by atoms with E-state index in [0.717, 1.165) is 17.7 Å². The summed E-state index contributed by atoms with van der Waals surface area (Å²) >= 11 is 0. The molecule has 0 unspecified atom stereocenters. The number of aryl methyl sites for hydroxylation is 1. The van der Waals surface area contributed by atoms with Gasteiger partial charge in [0.2, 0.25) is 5.96 Å². The van der Waals surface area contributed by atoms with Gasteiger partial charge in [0, 0.05) is 23.6 Å². The lowest BCUT2D eigenvalue weighted by Crippen LogP contribution is -2.36. The summed E-state index contributed by atoms with van der Waals surface area (Å²) in [6, 6.07) is 21.0. The average Bonchev–Trinajstić information content (AvgIpc) is 2.74. The van der Waals surface area contributed by atoms with Gasteiger partial charge in [-0.25, -0.2) is 4.99 Å². The lowest BCUT2D eigenvalue weighted by Gasteiger charge is -2.12. The van der Waals surface area contributed by atoms with Crippen LogP contribution in [0.2, 0.25) is 0 Å². The number of hydrogen-bond donors (Lipinski definition) is 2. The van der Waals surface area contributed by atoms with Crippen LogP contribution in [0.3, 0.4) is 0 Å². The number of aliphatic imine (C=N–C) groups is 1. The first-order chi connectivity index (χ1) is 13.2. The van der Waals surface area contributed by atoms with E-state index in [1.165, 1.54) is 5.56 Å². The Bertz CT molecular complexity index is 891. The molecule has 0 aliphatic carbocycles. The minimum absolute atomic E-state index is 0.210. The zero-order chi connectivity index (χ0) is 18.9. The second-order valence-corrected chi connectivity index (χ2v) is 6.02. The fraction of sp³-hybridized carbons (Fsp3) is 0.136. The first-order valence-corrected chi connectivity index (χ1v) is 8.90. The van der Waals surface area contributed by atoms with Crippen LogP contribution in [0, 0.1) is 0 Å². The first-order valence-electron chi connectivity index (χ1n) is 8.90. The fourth-order valence-corrected chi connectivity index (χ4v) is 2.50. The van der Waals surface area contributed by atoms with Gasteiger partial charge in [0.25, 0.3) is 5.91 Å². The van der Waals surface area contributed by atoms with E-state index in [9.17, 15) is 4.79 Å². The molecule has 0 aliphatic heterocycles. The molecular formula is C22H22N4O. The molecule has 1 heterocycles. The van der Waals surface area contributed by atoms with Gasteiger partial charge in [-0.1, -0.05) is 43.3 Å². The van der Waals surface area contributed by atoms with Crippen LogP contribution in [0.1, 0.15) is 28.4 Å². The molecule has 1 aromatic heterocycles. The highest BCUT2D eigenvalue weighted by molar-refractivity contribution is 6.09. The number of nitrogens with zero attached hydrogens (tertiary/aromatic N) is 2. The second kappa shape index (κ2) is 9.29.